The third kappa shape index (κ3) is 3.65. The maximum Gasteiger partial charge on any atom is 0.253 e. The number of amides is 3. The van der Waals surface area contributed by atoms with Crippen LogP contribution in [0.25, 0.3) is 0 Å². The molecule has 3 amide bonds. The maximum atomic E-state index is 13.4. The topological polar surface area (TPSA) is 114 Å². The monoisotopic (exact) mass is 464 g/mol. The summed E-state index contributed by atoms with van der Waals surface area (Å²) >= 11 is 0. The molecule has 9 heteroatoms. The average molecular weight is 465 g/mol. The fourth-order valence-electron chi connectivity index (χ4n) is 6.28. The summed E-state index contributed by atoms with van der Waals surface area (Å²) in [6, 6.07) is 6.83. The van der Waals surface area contributed by atoms with Crippen molar-refractivity contribution in [3.8, 4) is 6.07 Å². The molecule has 1 aromatic carbocycles. The van der Waals surface area contributed by atoms with Crippen molar-refractivity contribution in [1.82, 2.24) is 19.6 Å². The first kappa shape index (κ1) is 22.8. The molecule has 3 fully saturated rings. The first-order valence-corrected chi connectivity index (χ1v) is 12.2. The van der Waals surface area contributed by atoms with E-state index in [0.717, 1.165) is 36.8 Å². The highest BCUT2D eigenvalue weighted by Crippen LogP contribution is 2.44. The van der Waals surface area contributed by atoms with Gasteiger partial charge in [-0.3, -0.25) is 19.3 Å². The van der Waals surface area contributed by atoms with Gasteiger partial charge in [0, 0.05) is 45.3 Å². The smallest absolute Gasteiger partial charge is 0.253 e. The number of rotatable bonds is 5. The molecule has 0 spiro atoms. The third-order valence-electron chi connectivity index (χ3n) is 7.93. The molecule has 0 aromatic heterocycles. The molecule has 9 nitrogen and oxygen atoms in total. The normalized spacial score (nSPS) is 28.8. The molecule has 3 saturated heterocycles. The largest absolute Gasteiger partial charge is 0.345 e. The van der Waals surface area contributed by atoms with Crippen LogP contribution in [-0.4, -0.2) is 95.2 Å². The Bertz CT molecular complexity index is 1070. The van der Waals surface area contributed by atoms with Crippen molar-refractivity contribution in [2.75, 3.05) is 33.7 Å². The second-order valence-corrected chi connectivity index (χ2v) is 10.2. The van der Waals surface area contributed by atoms with Gasteiger partial charge in [-0.15, -0.1) is 0 Å². The number of aryl methyl sites for hydroxylation is 1. The Morgan fingerprint density at radius 3 is 2.76 bits per heavy atom. The predicted octanol–water partition coefficient (Wildman–Crippen LogP) is 0.503. The standard InChI is InChI=1S/C25H32N6O3/c1-28(2)23(32)16-5-7-19-15(10-16)6-8-21(19)31-18-11-22(25(31)34)29(13-18)14-20(27)24(33)30-9-3-4-17(30)12-26/h5,7,10,17-18,20-22H,3-4,6,8-9,11,13-14,27H2,1-2H3/t17-,18-,20-,21+,22-/m0/s1. The van der Waals surface area contributed by atoms with E-state index in [1.807, 2.05) is 23.1 Å². The number of benzene rings is 1. The van der Waals surface area contributed by atoms with Crippen molar-refractivity contribution >= 4 is 17.7 Å². The van der Waals surface area contributed by atoms with E-state index >= 15 is 0 Å². The van der Waals surface area contributed by atoms with E-state index < -0.39 is 6.04 Å². The van der Waals surface area contributed by atoms with Crippen LogP contribution in [0, 0.1) is 11.3 Å². The van der Waals surface area contributed by atoms with Crippen molar-refractivity contribution in [2.24, 2.45) is 5.73 Å². The van der Waals surface area contributed by atoms with E-state index in [9.17, 15) is 19.6 Å². The van der Waals surface area contributed by atoms with Gasteiger partial charge in [-0.2, -0.15) is 5.26 Å². The molecule has 180 valence electrons. The van der Waals surface area contributed by atoms with Crippen LogP contribution in [-0.2, 0) is 16.0 Å². The molecule has 34 heavy (non-hydrogen) atoms. The Hall–Kier alpha value is -2.96. The summed E-state index contributed by atoms with van der Waals surface area (Å²) in [4.78, 5) is 45.8. The Morgan fingerprint density at radius 2 is 2.06 bits per heavy atom. The van der Waals surface area contributed by atoms with Gasteiger partial charge in [-0.25, -0.2) is 0 Å². The number of fused-ring (bicyclic) bond motifs is 3. The van der Waals surface area contributed by atoms with Crippen molar-refractivity contribution in [3.63, 3.8) is 0 Å². The molecule has 0 saturated carbocycles. The zero-order chi connectivity index (χ0) is 24.1. The molecule has 1 aliphatic carbocycles. The van der Waals surface area contributed by atoms with Gasteiger partial charge in [-0.1, -0.05) is 6.07 Å². The number of likely N-dealkylation sites (tertiary alicyclic amines) is 3. The Kier molecular flexibility index (Phi) is 5.82. The summed E-state index contributed by atoms with van der Waals surface area (Å²) in [6.45, 7) is 1.63. The van der Waals surface area contributed by atoms with Gasteiger partial charge in [0.2, 0.25) is 11.8 Å². The molecular weight excluding hydrogens is 432 g/mol. The minimum absolute atomic E-state index is 0.0147. The fraction of sp³-hybridized carbons (Fsp3) is 0.600. The lowest BCUT2D eigenvalue weighted by molar-refractivity contribution is -0.141. The third-order valence-corrected chi connectivity index (χ3v) is 7.93. The number of piperazine rings is 1. The summed E-state index contributed by atoms with van der Waals surface area (Å²) < 4.78 is 0. The Balaban J connectivity index is 1.25. The second-order valence-electron chi connectivity index (χ2n) is 10.2. The molecule has 2 bridgehead atoms. The number of carbonyl (C=O) groups is 3. The second kappa shape index (κ2) is 8.67. The fourth-order valence-corrected chi connectivity index (χ4v) is 6.28. The van der Waals surface area contributed by atoms with Crippen LogP contribution in [0.3, 0.4) is 0 Å². The number of nitrogens with zero attached hydrogens (tertiary/aromatic N) is 5. The Morgan fingerprint density at radius 1 is 1.26 bits per heavy atom. The van der Waals surface area contributed by atoms with E-state index in [0.29, 0.717) is 31.6 Å². The van der Waals surface area contributed by atoms with E-state index in [2.05, 4.69) is 11.0 Å². The number of nitriles is 1. The summed E-state index contributed by atoms with van der Waals surface area (Å²) in [7, 11) is 3.49. The van der Waals surface area contributed by atoms with Gasteiger partial charge in [0.25, 0.3) is 5.91 Å². The van der Waals surface area contributed by atoms with Crippen molar-refractivity contribution < 1.29 is 14.4 Å². The first-order valence-electron chi connectivity index (χ1n) is 12.2. The molecule has 3 heterocycles. The number of hydrogen-bond acceptors (Lipinski definition) is 6. The Labute approximate surface area is 200 Å². The molecular formula is C25H32N6O3. The lowest BCUT2D eigenvalue weighted by atomic mass is 10.0. The van der Waals surface area contributed by atoms with Gasteiger partial charge in [0.1, 0.15) is 6.04 Å². The maximum absolute atomic E-state index is 13.4. The SMILES string of the molecule is CN(C)C(=O)c1ccc2c(c1)CC[C@H]2N1C(=O)[C@@H]2C[C@H]1CN2C[C@H](N)C(=O)N1CCC[C@H]1C#N. The number of hydrogen-bond donors (Lipinski definition) is 1. The summed E-state index contributed by atoms with van der Waals surface area (Å²) in [5.41, 5.74) is 9.23. The van der Waals surface area contributed by atoms with Crippen molar-refractivity contribution in [3.05, 3.63) is 34.9 Å². The van der Waals surface area contributed by atoms with Gasteiger partial charge >= 0.3 is 0 Å². The van der Waals surface area contributed by atoms with Crippen LogP contribution in [0.15, 0.2) is 18.2 Å². The highest BCUT2D eigenvalue weighted by molar-refractivity contribution is 5.94. The molecule has 4 aliphatic rings. The van der Waals surface area contributed by atoms with Gasteiger partial charge in [-0.05, 0) is 55.4 Å². The molecule has 3 aliphatic heterocycles. The van der Waals surface area contributed by atoms with E-state index in [4.69, 9.17) is 5.73 Å². The first-order chi connectivity index (χ1) is 16.3. The van der Waals surface area contributed by atoms with Crippen LogP contribution in [0.4, 0.5) is 0 Å². The lowest BCUT2D eigenvalue weighted by Gasteiger charge is -2.38. The quantitative estimate of drug-likeness (QED) is 0.679. The molecule has 5 atom stereocenters. The number of nitrogens with two attached hydrogens (primary N) is 1. The van der Waals surface area contributed by atoms with Crippen LogP contribution in [0.2, 0.25) is 0 Å². The van der Waals surface area contributed by atoms with E-state index in [1.54, 1.807) is 23.9 Å². The van der Waals surface area contributed by atoms with E-state index in [1.165, 1.54) is 0 Å². The predicted molar refractivity (Wildman–Crippen MR) is 124 cm³/mol. The number of carbonyl (C=O) groups excluding carboxylic acids is 3. The lowest BCUT2D eigenvalue weighted by Crippen LogP contribution is -2.56. The van der Waals surface area contributed by atoms with Crippen molar-refractivity contribution in [1.29, 1.82) is 5.26 Å². The molecule has 0 unspecified atom stereocenters. The minimum Gasteiger partial charge on any atom is -0.345 e. The summed E-state index contributed by atoms with van der Waals surface area (Å²) in [5, 5.41) is 9.28. The summed E-state index contributed by atoms with van der Waals surface area (Å²) in [5.74, 6) is -0.0960. The molecule has 5 rings (SSSR count). The van der Waals surface area contributed by atoms with Gasteiger partial charge in [0.15, 0.2) is 0 Å². The highest BCUT2D eigenvalue weighted by Gasteiger charge is 2.53. The highest BCUT2D eigenvalue weighted by atomic mass is 16.2. The zero-order valence-corrected chi connectivity index (χ0v) is 19.8. The molecule has 1 aromatic rings. The summed E-state index contributed by atoms with van der Waals surface area (Å²) in [6.07, 6.45) is 4.01. The molecule has 2 N–H and O–H groups in total. The van der Waals surface area contributed by atoms with Crippen molar-refractivity contribution in [2.45, 2.75) is 62.3 Å². The van der Waals surface area contributed by atoms with E-state index in [-0.39, 0.29) is 41.9 Å². The minimum atomic E-state index is -0.727. The van der Waals surface area contributed by atoms with Crippen LogP contribution in [0.1, 0.15) is 53.2 Å². The van der Waals surface area contributed by atoms with Crippen LogP contribution >= 0.6 is 0 Å². The van der Waals surface area contributed by atoms with Crippen LogP contribution in [0.5, 0.6) is 0 Å². The van der Waals surface area contributed by atoms with Crippen LogP contribution < -0.4 is 5.73 Å². The van der Waals surface area contributed by atoms with Gasteiger partial charge < -0.3 is 20.4 Å². The zero-order valence-electron chi connectivity index (χ0n) is 19.8. The van der Waals surface area contributed by atoms with Gasteiger partial charge in [0.05, 0.1) is 24.2 Å². The molecule has 0 radical (unpaired) electrons. The average Bonchev–Trinajstić information content (AvgIpc) is 3.60.